The maximum absolute atomic E-state index is 12.9. The van der Waals surface area contributed by atoms with Crippen LogP contribution in [0.5, 0.6) is 0 Å². The van der Waals surface area contributed by atoms with Crippen molar-refractivity contribution in [1.29, 1.82) is 5.26 Å². The van der Waals surface area contributed by atoms with Crippen LogP contribution in [0, 0.1) is 18.3 Å². The Morgan fingerprint density at radius 2 is 2.26 bits per heavy atom. The molecule has 1 atom stereocenters. The number of fused-ring (bicyclic) bond motifs is 1. The molecule has 0 spiro atoms. The normalized spacial score (nSPS) is 17.7. The van der Waals surface area contributed by atoms with E-state index in [4.69, 9.17) is 0 Å². The lowest BCUT2D eigenvalue weighted by atomic mass is 10.0. The van der Waals surface area contributed by atoms with Crippen LogP contribution in [0.2, 0.25) is 0 Å². The summed E-state index contributed by atoms with van der Waals surface area (Å²) in [6.07, 6.45) is 5.11. The number of aromatic amines is 1. The molecule has 0 aliphatic carbocycles. The van der Waals surface area contributed by atoms with Crippen molar-refractivity contribution in [2.75, 3.05) is 17.8 Å². The van der Waals surface area contributed by atoms with Gasteiger partial charge in [-0.05, 0) is 37.9 Å². The van der Waals surface area contributed by atoms with Crippen LogP contribution in [0.25, 0.3) is 10.9 Å². The third-order valence-corrected chi connectivity index (χ3v) is 7.81. The minimum Gasteiger partial charge on any atom is -0.358 e. The van der Waals surface area contributed by atoms with E-state index in [9.17, 15) is 13.7 Å². The number of benzene rings is 1. The Morgan fingerprint density at radius 1 is 1.41 bits per heavy atom. The molecule has 0 radical (unpaired) electrons. The number of nitrogens with one attached hydrogen (secondary N) is 3. The fraction of sp³-hybridized carbons (Fsp3) is 0.333. The maximum atomic E-state index is 12.9. The van der Waals surface area contributed by atoms with E-state index in [1.807, 2.05) is 6.92 Å². The molecule has 9 heteroatoms. The summed E-state index contributed by atoms with van der Waals surface area (Å²) in [5.74, 6) is 0.264. The summed E-state index contributed by atoms with van der Waals surface area (Å²) < 4.78 is 28.6. The van der Waals surface area contributed by atoms with Gasteiger partial charge in [-0.25, -0.2) is 13.4 Å². The summed E-state index contributed by atoms with van der Waals surface area (Å²) in [5, 5.41) is 14.2. The van der Waals surface area contributed by atoms with Gasteiger partial charge in [0.2, 0.25) is 0 Å². The van der Waals surface area contributed by atoms with Crippen LogP contribution < -0.4 is 10.0 Å². The minimum atomic E-state index is -3.75. The first kappa shape index (κ1) is 18.0. The number of hydrogen-bond acceptors (Lipinski definition) is 6. The van der Waals surface area contributed by atoms with Gasteiger partial charge in [0, 0.05) is 24.0 Å². The summed E-state index contributed by atoms with van der Waals surface area (Å²) in [4.78, 5) is 7.36. The molecule has 1 fully saturated rings. The fourth-order valence-corrected chi connectivity index (χ4v) is 5.79. The molecular formula is C18H19N5O2S2. The van der Waals surface area contributed by atoms with E-state index < -0.39 is 10.0 Å². The Balaban J connectivity index is 1.65. The van der Waals surface area contributed by atoms with Crippen molar-refractivity contribution in [3.8, 4) is 6.07 Å². The number of nitrogens with zero attached hydrogens (tertiary/aromatic N) is 2. The Bertz CT molecular complexity index is 1130. The largest absolute Gasteiger partial charge is 0.358 e. The van der Waals surface area contributed by atoms with Crippen molar-refractivity contribution in [1.82, 2.24) is 15.3 Å². The standard InChI is InChI=1S/C18H19N5O2S2/c1-11-4-5-14(17-16(11)13(7-19)9-21-17)23-27(24,25)15-10-22-18(26-15)12-3-2-6-20-8-12/h4-5,9-10,12,20-21,23H,2-3,6,8H2,1H3. The maximum Gasteiger partial charge on any atom is 0.273 e. The Hall–Kier alpha value is -2.41. The van der Waals surface area contributed by atoms with Gasteiger partial charge in [0.1, 0.15) is 6.07 Å². The highest BCUT2D eigenvalue weighted by atomic mass is 32.2. The number of aromatic nitrogens is 2. The number of rotatable bonds is 4. The average Bonchev–Trinajstić information content (AvgIpc) is 3.32. The second-order valence-electron chi connectivity index (χ2n) is 6.66. The number of thiazole rings is 1. The van der Waals surface area contributed by atoms with E-state index in [0.29, 0.717) is 16.8 Å². The quantitative estimate of drug-likeness (QED) is 0.622. The molecule has 0 amide bonds. The van der Waals surface area contributed by atoms with Gasteiger partial charge in [0.15, 0.2) is 4.21 Å². The molecule has 140 valence electrons. The van der Waals surface area contributed by atoms with Crippen molar-refractivity contribution in [3.63, 3.8) is 0 Å². The first-order chi connectivity index (χ1) is 13.0. The van der Waals surface area contributed by atoms with Crippen molar-refractivity contribution in [3.05, 3.63) is 40.7 Å². The van der Waals surface area contributed by atoms with Gasteiger partial charge >= 0.3 is 0 Å². The number of aryl methyl sites for hydroxylation is 1. The lowest BCUT2D eigenvalue weighted by molar-refractivity contribution is 0.460. The molecule has 2 aromatic heterocycles. The monoisotopic (exact) mass is 401 g/mol. The van der Waals surface area contributed by atoms with Crippen LogP contribution in [0.3, 0.4) is 0 Å². The SMILES string of the molecule is Cc1ccc(NS(=O)(=O)c2cnc(C3CCCNC3)s2)c2[nH]cc(C#N)c12. The van der Waals surface area contributed by atoms with Gasteiger partial charge in [0.25, 0.3) is 10.0 Å². The smallest absolute Gasteiger partial charge is 0.273 e. The van der Waals surface area contributed by atoms with Crippen LogP contribution >= 0.6 is 11.3 Å². The van der Waals surface area contributed by atoms with Gasteiger partial charge in [-0.1, -0.05) is 6.07 Å². The van der Waals surface area contributed by atoms with Gasteiger partial charge in [-0.3, -0.25) is 4.72 Å². The van der Waals surface area contributed by atoms with Crippen molar-refractivity contribution in [2.45, 2.75) is 29.9 Å². The van der Waals surface area contributed by atoms with Crippen LogP contribution in [0.4, 0.5) is 5.69 Å². The number of sulfonamides is 1. The molecule has 0 bridgehead atoms. The van der Waals surface area contributed by atoms with Crippen LogP contribution in [0.1, 0.15) is 34.9 Å². The molecule has 3 aromatic rings. The van der Waals surface area contributed by atoms with E-state index in [-0.39, 0.29) is 10.1 Å². The molecule has 3 N–H and O–H groups in total. The number of piperidine rings is 1. The predicted molar refractivity (Wildman–Crippen MR) is 106 cm³/mol. The van der Waals surface area contributed by atoms with Gasteiger partial charge < -0.3 is 10.3 Å². The highest BCUT2D eigenvalue weighted by molar-refractivity contribution is 7.94. The summed E-state index contributed by atoms with van der Waals surface area (Å²) in [6.45, 7) is 3.72. The van der Waals surface area contributed by atoms with Crippen molar-refractivity contribution < 1.29 is 8.42 Å². The van der Waals surface area contributed by atoms with Gasteiger partial charge in [-0.2, -0.15) is 5.26 Å². The summed E-state index contributed by atoms with van der Waals surface area (Å²) in [6, 6.07) is 5.64. The van der Waals surface area contributed by atoms with Crippen LogP contribution in [-0.4, -0.2) is 31.5 Å². The zero-order chi connectivity index (χ0) is 19.0. The molecule has 1 aliphatic rings. The third kappa shape index (κ3) is 3.32. The Kier molecular flexibility index (Phi) is 4.63. The summed E-state index contributed by atoms with van der Waals surface area (Å²) in [7, 11) is -3.75. The van der Waals surface area contributed by atoms with E-state index in [0.717, 1.165) is 41.9 Å². The summed E-state index contributed by atoms with van der Waals surface area (Å²) in [5.41, 5.74) is 2.44. The molecule has 4 rings (SSSR count). The fourth-order valence-electron chi connectivity index (χ4n) is 3.44. The second-order valence-corrected chi connectivity index (χ2v) is 9.63. The highest BCUT2D eigenvalue weighted by Gasteiger charge is 2.24. The number of hydrogen-bond donors (Lipinski definition) is 3. The van der Waals surface area contributed by atoms with Crippen molar-refractivity contribution in [2.24, 2.45) is 0 Å². The number of nitriles is 1. The second kappa shape index (κ2) is 6.96. The van der Waals surface area contributed by atoms with E-state index in [1.165, 1.54) is 17.5 Å². The molecule has 7 nitrogen and oxygen atoms in total. The van der Waals surface area contributed by atoms with Gasteiger partial charge in [-0.15, -0.1) is 11.3 Å². The number of H-pyrrole nitrogens is 1. The Labute approximate surface area is 161 Å². The topological polar surface area (TPSA) is 111 Å². The molecule has 3 heterocycles. The van der Waals surface area contributed by atoms with Crippen LogP contribution in [0.15, 0.2) is 28.7 Å². The molecule has 1 unspecified atom stereocenters. The first-order valence-corrected chi connectivity index (χ1v) is 11.0. The van der Waals surface area contributed by atoms with E-state index in [1.54, 1.807) is 18.3 Å². The molecular weight excluding hydrogens is 382 g/mol. The van der Waals surface area contributed by atoms with Crippen molar-refractivity contribution >= 4 is 38.0 Å². The third-order valence-electron chi connectivity index (χ3n) is 4.82. The molecule has 1 aromatic carbocycles. The van der Waals surface area contributed by atoms with Gasteiger partial charge in [0.05, 0.1) is 28.0 Å². The van der Waals surface area contributed by atoms with E-state index in [2.05, 4.69) is 26.1 Å². The molecule has 0 saturated carbocycles. The molecule has 1 aliphatic heterocycles. The molecule has 1 saturated heterocycles. The lowest BCUT2D eigenvalue weighted by Gasteiger charge is -2.20. The molecule has 27 heavy (non-hydrogen) atoms. The highest BCUT2D eigenvalue weighted by Crippen LogP contribution is 2.33. The van der Waals surface area contributed by atoms with Crippen LogP contribution in [-0.2, 0) is 10.0 Å². The first-order valence-electron chi connectivity index (χ1n) is 8.69. The minimum absolute atomic E-state index is 0.198. The zero-order valence-corrected chi connectivity index (χ0v) is 16.4. The lowest BCUT2D eigenvalue weighted by Crippen LogP contribution is -2.28. The summed E-state index contributed by atoms with van der Waals surface area (Å²) >= 11 is 1.22. The predicted octanol–water partition coefficient (Wildman–Crippen LogP) is 3.07. The average molecular weight is 402 g/mol. The zero-order valence-electron chi connectivity index (χ0n) is 14.7. The number of anilines is 1. The Morgan fingerprint density at radius 3 is 3.00 bits per heavy atom. The van der Waals surface area contributed by atoms with E-state index >= 15 is 0 Å².